The topological polar surface area (TPSA) is 67.1 Å². The Morgan fingerprint density at radius 1 is 1.30 bits per heavy atom. The zero-order valence-electron chi connectivity index (χ0n) is 14.6. The SMILES string of the molecule is CC(NC(C)(C)CNC(=O)C[C@@H]1CCC[C@H]1N)c1ccccc1. The molecule has 0 aromatic heterocycles. The fourth-order valence-corrected chi connectivity index (χ4v) is 3.41. The molecule has 1 fully saturated rings. The van der Waals surface area contributed by atoms with Crippen molar-refractivity contribution in [1.29, 1.82) is 0 Å². The first-order valence-electron chi connectivity index (χ1n) is 8.72. The van der Waals surface area contributed by atoms with Gasteiger partial charge in [0, 0.05) is 30.6 Å². The Morgan fingerprint density at radius 3 is 2.61 bits per heavy atom. The Morgan fingerprint density at radius 2 is 2.00 bits per heavy atom. The van der Waals surface area contributed by atoms with E-state index in [4.69, 9.17) is 5.73 Å². The van der Waals surface area contributed by atoms with Crippen molar-refractivity contribution in [2.45, 2.75) is 64.1 Å². The molecular formula is C19H31N3O. The molecule has 1 aromatic rings. The third-order valence-electron chi connectivity index (χ3n) is 4.80. The number of carbonyl (C=O) groups is 1. The number of amides is 1. The predicted octanol–water partition coefficient (Wildman–Crippen LogP) is 2.75. The molecule has 0 radical (unpaired) electrons. The van der Waals surface area contributed by atoms with E-state index in [2.05, 4.69) is 43.5 Å². The Kier molecular flexibility index (Phi) is 6.19. The minimum absolute atomic E-state index is 0.120. The van der Waals surface area contributed by atoms with E-state index >= 15 is 0 Å². The van der Waals surface area contributed by atoms with Crippen molar-refractivity contribution in [3.63, 3.8) is 0 Å². The third kappa shape index (κ3) is 5.63. The standard InChI is InChI=1S/C19H31N3O/c1-14(15-8-5-4-6-9-15)22-19(2,3)13-21-18(23)12-16-10-7-11-17(16)20/h4-6,8-9,14,16-17,22H,7,10-13,20H2,1-3H3,(H,21,23)/t14?,16-,17+/m0/s1. The molecule has 0 heterocycles. The van der Waals surface area contributed by atoms with E-state index < -0.39 is 0 Å². The van der Waals surface area contributed by atoms with Gasteiger partial charge in [0.1, 0.15) is 0 Å². The van der Waals surface area contributed by atoms with Crippen molar-refractivity contribution >= 4 is 5.91 Å². The lowest BCUT2D eigenvalue weighted by atomic mass is 9.98. The number of nitrogens with one attached hydrogen (secondary N) is 2. The third-order valence-corrected chi connectivity index (χ3v) is 4.80. The van der Waals surface area contributed by atoms with Crippen LogP contribution in [-0.2, 0) is 4.79 Å². The van der Waals surface area contributed by atoms with Crippen LogP contribution < -0.4 is 16.4 Å². The van der Waals surface area contributed by atoms with Gasteiger partial charge < -0.3 is 16.4 Å². The van der Waals surface area contributed by atoms with Crippen LogP contribution in [0.3, 0.4) is 0 Å². The van der Waals surface area contributed by atoms with Crippen molar-refractivity contribution in [1.82, 2.24) is 10.6 Å². The Bertz CT molecular complexity index is 501. The van der Waals surface area contributed by atoms with E-state index in [9.17, 15) is 4.79 Å². The summed E-state index contributed by atoms with van der Waals surface area (Å²) in [6, 6.07) is 10.8. The van der Waals surface area contributed by atoms with Crippen molar-refractivity contribution in [2.24, 2.45) is 11.7 Å². The zero-order chi connectivity index (χ0) is 16.9. The van der Waals surface area contributed by atoms with E-state index in [0.29, 0.717) is 18.9 Å². The lowest BCUT2D eigenvalue weighted by Crippen LogP contribution is -2.50. The van der Waals surface area contributed by atoms with Crippen LogP contribution in [0.4, 0.5) is 0 Å². The molecule has 4 heteroatoms. The molecule has 4 N–H and O–H groups in total. The van der Waals surface area contributed by atoms with Gasteiger partial charge in [-0.3, -0.25) is 4.79 Å². The average molecular weight is 317 g/mol. The highest BCUT2D eigenvalue weighted by molar-refractivity contribution is 5.76. The molecule has 0 spiro atoms. The minimum atomic E-state index is -0.164. The fourth-order valence-electron chi connectivity index (χ4n) is 3.41. The van der Waals surface area contributed by atoms with Crippen LogP contribution in [0.25, 0.3) is 0 Å². The Labute approximate surface area is 140 Å². The van der Waals surface area contributed by atoms with Crippen LogP contribution in [0.2, 0.25) is 0 Å². The van der Waals surface area contributed by atoms with Crippen LogP contribution in [0.1, 0.15) is 58.1 Å². The van der Waals surface area contributed by atoms with Crippen LogP contribution in [0.5, 0.6) is 0 Å². The van der Waals surface area contributed by atoms with Crippen LogP contribution in [0, 0.1) is 5.92 Å². The van der Waals surface area contributed by atoms with E-state index in [0.717, 1.165) is 19.3 Å². The molecule has 1 saturated carbocycles. The van der Waals surface area contributed by atoms with E-state index in [-0.39, 0.29) is 23.5 Å². The minimum Gasteiger partial charge on any atom is -0.354 e. The first-order valence-corrected chi connectivity index (χ1v) is 8.72. The first kappa shape index (κ1) is 18.0. The van der Waals surface area contributed by atoms with Gasteiger partial charge in [0.15, 0.2) is 0 Å². The van der Waals surface area contributed by atoms with Gasteiger partial charge in [-0.2, -0.15) is 0 Å². The number of hydrogen-bond acceptors (Lipinski definition) is 3. The summed E-state index contributed by atoms with van der Waals surface area (Å²) in [5, 5.41) is 6.66. The fraction of sp³-hybridized carbons (Fsp3) is 0.632. The van der Waals surface area contributed by atoms with Crippen molar-refractivity contribution in [3.8, 4) is 0 Å². The normalized spacial score (nSPS) is 22.8. The Balaban J connectivity index is 1.78. The molecule has 1 amide bonds. The second-order valence-corrected chi connectivity index (χ2v) is 7.50. The van der Waals surface area contributed by atoms with Crippen LogP contribution in [-0.4, -0.2) is 24.0 Å². The predicted molar refractivity (Wildman–Crippen MR) is 95.0 cm³/mol. The highest BCUT2D eigenvalue weighted by atomic mass is 16.1. The maximum absolute atomic E-state index is 12.2. The number of rotatable bonds is 7. The van der Waals surface area contributed by atoms with Gasteiger partial charge in [0.2, 0.25) is 5.91 Å². The number of benzene rings is 1. The number of carbonyl (C=O) groups excluding carboxylic acids is 1. The summed E-state index contributed by atoms with van der Waals surface area (Å²) in [6.07, 6.45) is 3.85. The summed E-state index contributed by atoms with van der Waals surface area (Å²) in [7, 11) is 0. The van der Waals surface area contributed by atoms with Crippen molar-refractivity contribution in [2.75, 3.05) is 6.54 Å². The molecule has 1 aromatic carbocycles. The quantitative estimate of drug-likeness (QED) is 0.724. The summed E-state index contributed by atoms with van der Waals surface area (Å²) in [5.41, 5.74) is 7.14. The maximum atomic E-state index is 12.2. The second-order valence-electron chi connectivity index (χ2n) is 7.50. The summed E-state index contributed by atoms with van der Waals surface area (Å²) < 4.78 is 0. The van der Waals surface area contributed by atoms with Gasteiger partial charge in [-0.05, 0) is 45.1 Å². The first-order chi connectivity index (χ1) is 10.9. The molecule has 0 saturated heterocycles. The van der Waals surface area contributed by atoms with Gasteiger partial charge in [-0.1, -0.05) is 36.8 Å². The molecule has 0 aliphatic heterocycles. The van der Waals surface area contributed by atoms with Gasteiger partial charge >= 0.3 is 0 Å². The highest BCUT2D eigenvalue weighted by Crippen LogP contribution is 2.26. The lowest BCUT2D eigenvalue weighted by molar-refractivity contribution is -0.122. The van der Waals surface area contributed by atoms with Crippen molar-refractivity contribution in [3.05, 3.63) is 35.9 Å². The molecular weight excluding hydrogens is 286 g/mol. The van der Waals surface area contributed by atoms with Gasteiger partial charge in [-0.15, -0.1) is 0 Å². The molecule has 128 valence electrons. The summed E-state index contributed by atoms with van der Waals surface area (Å²) >= 11 is 0. The molecule has 3 atom stereocenters. The van der Waals surface area contributed by atoms with Gasteiger partial charge in [0.05, 0.1) is 0 Å². The number of nitrogens with two attached hydrogens (primary N) is 1. The molecule has 2 rings (SSSR count). The summed E-state index contributed by atoms with van der Waals surface area (Å²) in [4.78, 5) is 12.2. The molecule has 1 aliphatic rings. The summed E-state index contributed by atoms with van der Waals surface area (Å²) in [5.74, 6) is 0.476. The monoisotopic (exact) mass is 317 g/mol. The van der Waals surface area contributed by atoms with E-state index in [1.807, 2.05) is 18.2 Å². The molecule has 1 aliphatic carbocycles. The molecule has 0 bridgehead atoms. The Hall–Kier alpha value is -1.39. The zero-order valence-corrected chi connectivity index (χ0v) is 14.6. The average Bonchev–Trinajstić information content (AvgIpc) is 2.91. The molecule has 4 nitrogen and oxygen atoms in total. The van der Waals surface area contributed by atoms with Crippen LogP contribution >= 0.6 is 0 Å². The molecule has 23 heavy (non-hydrogen) atoms. The largest absolute Gasteiger partial charge is 0.354 e. The van der Waals surface area contributed by atoms with E-state index in [1.165, 1.54) is 5.56 Å². The molecule has 1 unspecified atom stereocenters. The lowest BCUT2D eigenvalue weighted by Gasteiger charge is -2.31. The summed E-state index contributed by atoms with van der Waals surface area (Å²) in [6.45, 7) is 7.00. The van der Waals surface area contributed by atoms with Crippen molar-refractivity contribution < 1.29 is 4.79 Å². The second kappa shape index (κ2) is 7.93. The maximum Gasteiger partial charge on any atom is 0.220 e. The highest BCUT2D eigenvalue weighted by Gasteiger charge is 2.27. The number of hydrogen-bond donors (Lipinski definition) is 3. The van der Waals surface area contributed by atoms with Gasteiger partial charge in [-0.25, -0.2) is 0 Å². The smallest absolute Gasteiger partial charge is 0.220 e. The van der Waals surface area contributed by atoms with Crippen LogP contribution in [0.15, 0.2) is 30.3 Å². The van der Waals surface area contributed by atoms with E-state index in [1.54, 1.807) is 0 Å². The van der Waals surface area contributed by atoms with Gasteiger partial charge in [0.25, 0.3) is 0 Å².